The number of urea groups is 1. The highest BCUT2D eigenvalue weighted by atomic mass is 16.5. The molecule has 6 heteroatoms. The number of amides is 2. The molecule has 6 nitrogen and oxygen atoms in total. The molecule has 1 atom stereocenters. The monoisotopic (exact) mass is 303 g/mol. The SMILES string of the molecule is COCC(NC(=O)Nc1cc(C)cc(C)n1)c1ccc(C)o1. The molecule has 2 aromatic rings. The molecule has 0 aliphatic rings. The van der Waals surface area contributed by atoms with E-state index in [1.165, 1.54) is 0 Å². The highest BCUT2D eigenvalue weighted by Gasteiger charge is 2.18. The molecule has 2 heterocycles. The van der Waals surface area contributed by atoms with E-state index >= 15 is 0 Å². The minimum absolute atomic E-state index is 0.320. The molecule has 0 aliphatic heterocycles. The molecular weight excluding hydrogens is 282 g/mol. The highest BCUT2D eigenvalue weighted by Crippen LogP contribution is 2.17. The van der Waals surface area contributed by atoms with Gasteiger partial charge in [0.15, 0.2) is 0 Å². The Balaban J connectivity index is 2.04. The molecule has 118 valence electrons. The topological polar surface area (TPSA) is 76.4 Å². The van der Waals surface area contributed by atoms with E-state index in [0.29, 0.717) is 18.2 Å². The van der Waals surface area contributed by atoms with E-state index in [-0.39, 0.29) is 12.1 Å². The maximum absolute atomic E-state index is 12.1. The van der Waals surface area contributed by atoms with Gasteiger partial charge in [0.25, 0.3) is 0 Å². The minimum Gasteiger partial charge on any atom is -0.464 e. The summed E-state index contributed by atoms with van der Waals surface area (Å²) in [5, 5.41) is 5.56. The third-order valence-corrected chi connectivity index (χ3v) is 3.08. The maximum atomic E-state index is 12.1. The van der Waals surface area contributed by atoms with Crippen LogP contribution in [-0.4, -0.2) is 24.7 Å². The van der Waals surface area contributed by atoms with Crippen molar-refractivity contribution in [2.24, 2.45) is 0 Å². The summed E-state index contributed by atoms with van der Waals surface area (Å²) in [7, 11) is 1.58. The molecule has 0 saturated heterocycles. The minimum atomic E-state index is -0.357. The largest absolute Gasteiger partial charge is 0.464 e. The zero-order valence-corrected chi connectivity index (χ0v) is 13.3. The number of nitrogens with zero attached hydrogens (tertiary/aromatic N) is 1. The van der Waals surface area contributed by atoms with Crippen LogP contribution in [-0.2, 0) is 4.74 Å². The van der Waals surface area contributed by atoms with Gasteiger partial charge in [0.05, 0.1) is 6.61 Å². The molecule has 0 radical (unpaired) electrons. The van der Waals surface area contributed by atoms with Crippen molar-refractivity contribution in [1.29, 1.82) is 0 Å². The lowest BCUT2D eigenvalue weighted by molar-refractivity contribution is 0.158. The second-order valence-electron chi connectivity index (χ2n) is 5.23. The molecule has 0 saturated carbocycles. The van der Waals surface area contributed by atoms with Crippen LogP contribution in [0.1, 0.15) is 28.8 Å². The molecule has 2 N–H and O–H groups in total. The van der Waals surface area contributed by atoms with Gasteiger partial charge in [-0.2, -0.15) is 0 Å². The third-order valence-electron chi connectivity index (χ3n) is 3.08. The van der Waals surface area contributed by atoms with Crippen molar-refractivity contribution in [3.63, 3.8) is 0 Å². The van der Waals surface area contributed by atoms with E-state index in [0.717, 1.165) is 17.0 Å². The van der Waals surface area contributed by atoms with Gasteiger partial charge in [0.1, 0.15) is 23.4 Å². The number of rotatable bonds is 5. The number of anilines is 1. The molecule has 1 unspecified atom stereocenters. The van der Waals surface area contributed by atoms with Gasteiger partial charge >= 0.3 is 6.03 Å². The van der Waals surface area contributed by atoms with Gasteiger partial charge in [-0.1, -0.05) is 0 Å². The van der Waals surface area contributed by atoms with E-state index < -0.39 is 0 Å². The predicted molar refractivity (Wildman–Crippen MR) is 83.9 cm³/mol. The third kappa shape index (κ3) is 4.33. The number of carbonyl (C=O) groups is 1. The Morgan fingerprint density at radius 1 is 1.32 bits per heavy atom. The zero-order chi connectivity index (χ0) is 16.1. The van der Waals surface area contributed by atoms with Crippen molar-refractivity contribution < 1.29 is 13.9 Å². The molecule has 0 spiro atoms. The number of nitrogens with one attached hydrogen (secondary N) is 2. The molecule has 2 amide bonds. The Kier molecular flexibility index (Phi) is 5.16. The van der Waals surface area contributed by atoms with Crippen LogP contribution in [0.25, 0.3) is 0 Å². The van der Waals surface area contributed by atoms with Crippen molar-refractivity contribution in [2.75, 3.05) is 19.0 Å². The van der Waals surface area contributed by atoms with Gasteiger partial charge in [-0.3, -0.25) is 5.32 Å². The van der Waals surface area contributed by atoms with Crippen molar-refractivity contribution in [3.05, 3.63) is 47.0 Å². The number of hydrogen-bond donors (Lipinski definition) is 2. The standard InChI is InChI=1S/C16H21N3O3/c1-10-7-11(2)17-15(8-10)19-16(20)18-13(9-21-4)14-6-5-12(3)22-14/h5-8,13H,9H2,1-4H3,(H2,17,18,19,20). The van der Waals surface area contributed by atoms with Gasteiger partial charge in [-0.25, -0.2) is 9.78 Å². The molecule has 22 heavy (non-hydrogen) atoms. The molecule has 0 fully saturated rings. The normalized spacial score (nSPS) is 12.0. The molecule has 0 bridgehead atoms. The maximum Gasteiger partial charge on any atom is 0.321 e. The summed E-state index contributed by atoms with van der Waals surface area (Å²) in [4.78, 5) is 16.4. The summed E-state index contributed by atoms with van der Waals surface area (Å²) in [6.07, 6.45) is 0. The van der Waals surface area contributed by atoms with Gasteiger partial charge in [0.2, 0.25) is 0 Å². The number of ether oxygens (including phenoxy) is 1. The average Bonchev–Trinajstić information content (AvgIpc) is 2.83. The fourth-order valence-electron chi connectivity index (χ4n) is 2.22. The quantitative estimate of drug-likeness (QED) is 0.890. The fourth-order valence-corrected chi connectivity index (χ4v) is 2.22. The molecule has 0 aliphatic carbocycles. The van der Waals surface area contributed by atoms with E-state index in [1.54, 1.807) is 7.11 Å². The van der Waals surface area contributed by atoms with Crippen LogP contribution in [0.5, 0.6) is 0 Å². The summed E-state index contributed by atoms with van der Waals surface area (Å²) in [5.41, 5.74) is 1.89. The van der Waals surface area contributed by atoms with Crippen LogP contribution in [0.2, 0.25) is 0 Å². The number of furan rings is 1. The Morgan fingerprint density at radius 2 is 2.09 bits per heavy atom. The summed E-state index contributed by atoms with van der Waals surface area (Å²) < 4.78 is 10.7. The van der Waals surface area contributed by atoms with Gasteiger partial charge < -0.3 is 14.5 Å². The fraction of sp³-hybridized carbons (Fsp3) is 0.375. The van der Waals surface area contributed by atoms with Crippen molar-refractivity contribution in [2.45, 2.75) is 26.8 Å². The van der Waals surface area contributed by atoms with Crippen LogP contribution in [0, 0.1) is 20.8 Å². The summed E-state index contributed by atoms with van der Waals surface area (Å²) in [6, 6.07) is 6.73. The zero-order valence-electron chi connectivity index (χ0n) is 13.3. The van der Waals surface area contributed by atoms with Crippen molar-refractivity contribution in [1.82, 2.24) is 10.3 Å². The van der Waals surface area contributed by atoms with Crippen LogP contribution >= 0.6 is 0 Å². The van der Waals surface area contributed by atoms with Crippen LogP contribution in [0.4, 0.5) is 10.6 Å². The summed E-state index contributed by atoms with van der Waals surface area (Å²) in [5.74, 6) is 1.96. The highest BCUT2D eigenvalue weighted by molar-refractivity contribution is 5.88. The second kappa shape index (κ2) is 7.09. The van der Waals surface area contributed by atoms with Crippen molar-refractivity contribution in [3.8, 4) is 0 Å². The van der Waals surface area contributed by atoms with E-state index in [1.807, 2.05) is 45.0 Å². The first kappa shape index (κ1) is 16.0. The smallest absolute Gasteiger partial charge is 0.321 e. The van der Waals surface area contributed by atoms with Gasteiger partial charge in [0, 0.05) is 12.8 Å². The first-order valence-electron chi connectivity index (χ1n) is 7.06. The average molecular weight is 303 g/mol. The number of aromatic nitrogens is 1. The number of carbonyl (C=O) groups excluding carboxylic acids is 1. The molecule has 2 rings (SSSR count). The van der Waals surface area contributed by atoms with Gasteiger partial charge in [-0.15, -0.1) is 0 Å². The Labute approximate surface area is 129 Å². The number of aryl methyl sites for hydroxylation is 3. The van der Waals surface area contributed by atoms with E-state index in [9.17, 15) is 4.79 Å². The lowest BCUT2D eigenvalue weighted by Gasteiger charge is -2.16. The Hall–Kier alpha value is -2.34. The van der Waals surface area contributed by atoms with E-state index in [2.05, 4.69) is 15.6 Å². The number of hydrogen-bond acceptors (Lipinski definition) is 4. The van der Waals surface area contributed by atoms with Crippen LogP contribution in [0.15, 0.2) is 28.7 Å². The van der Waals surface area contributed by atoms with Crippen molar-refractivity contribution >= 4 is 11.8 Å². The van der Waals surface area contributed by atoms with Gasteiger partial charge in [-0.05, 0) is 50.6 Å². The van der Waals surface area contributed by atoms with E-state index in [4.69, 9.17) is 9.15 Å². The first-order chi connectivity index (χ1) is 10.5. The summed E-state index contributed by atoms with van der Waals surface area (Å²) >= 11 is 0. The number of methoxy groups -OCH3 is 1. The molecule has 2 aromatic heterocycles. The number of pyridine rings is 1. The molecule has 0 aromatic carbocycles. The summed E-state index contributed by atoms with van der Waals surface area (Å²) in [6.45, 7) is 6.01. The second-order valence-corrected chi connectivity index (χ2v) is 5.23. The Bertz CT molecular complexity index is 632. The molecular formula is C16H21N3O3. The van der Waals surface area contributed by atoms with Crippen LogP contribution in [0.3, 0.4) is 0 Å². The first-order valence-corrected chi connectivity index (χ1v) is 7.06. The lowest BCUT2D eigenvalue weighted by atomic mass is 10.2. The predicted octanol–water partition coefficient (Wildman–Crippen LogP) is 3.11. The Morgan fingerprint density at radius 3 is 2.68 bits per heavy atom. The lowest BCUT2D eigenvalue weighted by Crippen LogP contribution is -2.34. The van der Waals surface area contributed by atoms with Crippen LogP contribution < -0.4 is 10.6 Å².